The molecule has 76 valence electrons. The lowest BCUT2D eigenvalue weighted by molar-refractivity contribution is 0.812. The molecule has 1 fully saturated rings. The molecule has 1 aliphatic heterocycles. The van der Waals surface area contributed by atoms with Crippen LogP contribution in [0.4, 0.5) is 5.69 Å². The van der Waals surface area contributed by atoms with E-state index in [4.69, 9.17) is 0 Å². The Morgan fingerprint density at radius 3 is 3.14 bits per heavy atom. The van der Waals surface area contributed by atoms with Gasteiger partial charge in [0.25, 0.3) is 0 Å². The molecule has 2 rings (SSSR count). The van der Waals surface area contributed by atoms with Gasteiger partial charge >= 0.3 is 0 Å². The predicted octanol–water partition coefficient (Wildman–Crippen LogP) is 3.33. The van der Waals surface area contributed by atoms with Crippen molar-refractivity contribution in [3.8, 4) is 0 Å². The summed E-state index contributed by atoms with van der Waals surface area (Å²) >= 11 is 3.84. The van der Waals surface area contributed by atoms with E-state index in [0.717, 1.165) is 0 Å². The van der Waals surface area contributed by atoms with E-state index in [1.54, 1.807) is 11.8 Å². The highest BCUT2D eigenvalue weighted by molar-refractivity contribution is 7.99. The van der Waals surface area contributed by atoms with Crippen LogP contribution >= 0.6 is 23.5 Å². The van der Waals surface area contributed by atoms with Crippen molar-refractivity contribution < 1.29 is 0 Å². The molecular weight excluding hydrogens is 210 g/mol. The van der Waals surface area contributed by atoms with Crippen molar-refractivity contribution in [3.63, 3.8) is 0 Å². The predicted molar refractivity (Wildman–Crippen MR) is 67.6 cm³/mol. The molecule has 0 saturated carbocycles. The zero-order valence-corrected chi connectivity index (χ0v) is 9.96. The minimum Gasteiger partial charge on any atom is -0.381 e. The first-order valence-electron chi connectivity index (χ1n) is 4.87. The Morgan fingerprint density at radius 1 is 1.50 bits per heavy atom. The fourth-order valence-corrected chi connectivity index (χ4v) is 3.21. The van der Waals surface area contributed by atoms with E-state index in [1.807, 2.05) is 11.8 Å². The average Bonchev–Trinajstić information content (AvgIpc) is 2.71. The molecular formula is C11H15NS2. The standard InChI is InChI=1S/C11H15NS2/c1-13-11-4-2-3-9(7-11)12-10-5-6-14-8-10/h2-4,7,10,12H,5-6,8H2,1H3/t10-/m0/s1. The first-order valence-corrected chi connectivity index (χ1v) is 7.25. The Morgan fingerprint density at radius 2 is 2.43 bits per heavy atom. The largest absolute Gasteiger partial charge is 0.381 e. The normalized spacial score (nSPS) is 21.1. The van der Waals surface area contributed by atoms with Crippen molar-refractivity contribution in [1.29, 1.82) is 0 Å². The highest BCUT2D eigenvalue weighted by Crippen LogP contribution is 2.24. The molecule has 1 heterocycles. The van der Waals surface area contributed by atoms with Crippen molar-refractivity contribution in [3.05, 3.63) is 24.3 Å². The number of benzene rings is 1. The molecule has 0 amide bonds. The minimum absolute atomic E-state index is 0.678. The molecule has 0 bridgehead atoms. The van der Waals surface area contributed by atoms with Crippen LogP contribution in [-0.2, 0) is 0 Å². The third-order valence-corrected chi connectivity index (χ3v) is 4.26. The van der Waals surface area contributed by atoms with Crippen molar-refractivity contribution in [2.75, 3.05) is 23.1 Å². The SMILES string of the molecule is CSc1cccc(N[C@H]2CCSC2)c1. The van der Waals surface area contributed by atoms with Crippen molar-refractivity contribution in [2.24, 2.45) is 0 Å². The third kappa shape index (κ3) is 2.61. The molecule has 1 aromatic carbocycles. The summed E-state index contributed by atoms with van der Waals surface area (Å²) in [7, 11) is 0. The molecule has 1 atom stereocenters. The summed E-state index contributed by atoms with van der Waals surface area (Å²) in [5.41, 5.74) is 1.27. The molecule has 3 heteroatoms. The van der Waals surface area contributed by atoms with Crippen LogP contribution in [-0.4, -0.2) is 23.8 Å². The van der Waals surface area contributed by atoms with Crippen LogP contribution in [0.1, 0.15) is 6.42 Å². The number of anilines is 1. The number of nitrogens with one attached hydrogen (secondary N) is 1. The molecule has 1 aromatic rings. The van der Waals surface area contributed by atoms with Crippen LogP contribution in [0.5, 0.6) is 0 Å². The third-order valence-electron chi connectivity index (χ3n) is 2.37. The van der Waals surface area contributed by atoms with Gasteiger partial charge < -0.3 is 5.32 Å². The Balaban J connectivity index is 2.00. The van der Waals surface area contributed by atoms with E-state index in [9.17, 15) is 0 Å². The molecule has 0 aromatic heterocycles. The summed E-state index contributed by atoms with van der Waals surface area (Å²) in [6.45, 7) is 0. The van der Waals surface area contributed by atoms with Gasteiger partial charge in [0, 0.05) is 22.4 Å². The van der Waals surface area contributed by atoms with Crippen molar-refractivity contribution in [2.45, 2.75) is 17.4 Å². The van der Waals surface area contributed by atoms with Crippen LogP contribution in [0.15, 0.2) is 29.2 Å². The topological polar surface area (TPSA) is 12.0 Å². The average molecular weight is 225 g/mol. The van der Waals surface area contributed by atoms with Crippen LogP contribution in [0.25, 0.3) is 0 Å². The lowest BCUT2D eigenvalue weighted by Crippen LogP contribution is -2.17. The van der Waals surface area contributed by atoms with Gasteiger partial charge in [0.05, 0.1) is 0 Å². The van der Waals surface area contributed by atoms with Crippen molar-refractivity contribution in [1.82, 2.24) is 0 Å². The molecule has 1 N–H and O–H groups in total. The van der Waals surface area contributed by atoms with Gasteiger partial charge in [-0.05, 0) is 36.6 Å². The second-order valence-electron chi connectivity index (χ2n) is 3.44. The number of hydrogen-bond acceptors (Lipinski definition) is 3. The van der Waals surface area contributed by atoms with Gasteiger partial charge in [0.2, 0.25) is 0 Å². The summed E-state index contributed by atoms with van der Waals surface area (Å²) in [6, 6.07) is 9.34. The van der Waals surface area contributed by atoms with E-state index >= 15 is 0 Å². The van der Waals surface area contributed by atoms with Gasteiger partial charge in [0.15, 0.2) is 0 Å². The lowest BCUT2D eigenvalue weighted by Gasteiger charge is -2.13. The van der Waals surface area contributed by atoms with E-state index in [2.05, 4.69) is 35.8 Å². The van der Waals surface area contributed by atoms with Gasteiger partial charge in [0.1, 0.15) is 0 Å². The smallest absolute Gasteiger partial charge is 0.0359 e. The molecule has 0 aliphatic carbocycles. The minimum atomic E-state index is 0.678. The summed E-state index contributed by atoms with van der Waals surface area (Å²) < 4.78 is 0. The summed E-state index contributed by atoms with van der Waals surface area (Å²) in [5, 5.41) is 3.58. The first kappa shape index (κ1) is 10.2. The molecule has 0 unspecified atom stereocenters. The van der Waals surface area contributed by atoms with E-state index in [1.165, 1.54) is 28.5 Å². The lowest BCUT2D eigenvalue weighted by atomic mass is 10.2. The van der Waals surface area contributed by atoms with Gasteiger partial charge in [-0.1, -0.05) is 6.07 Å². The molecule has 14 heavy (non-hydrogen) atoms. The fraction of sp³-hybridized carbons (Fsp3) is 0.455. The molecule has 1 saturated heterocycles. The Labute approximate surface area is 94.0 Å². The Kier molecular flexibility index (Phi) is 3.65. The number of hydrogen-bond donors (Lipinski definition) is 1. The van der Waals surface area contributed by atoms with Crippen LogP contribution in [0.3, 0.4) is 0 Å². The summed E-state index contributed by atoms with van der Waals surface area (Å²) in [4.78, 5) is 1.33. The Hall–Kier alpha value is -0.280. The van der Waals surface area contributed by atoms with E-state index in [0.29, 0.717) is 6.04 Å². The van der Waals surface area contributed by atoms with Gasteiger partial charge in [-0.3, -0.25) is 0 Å². The van der Waals surface area contributed by atoms with Crippen molar-refractivity contribution >= 4 is 29.2 Å². The van der Waals surface area contributed by atoms with Crippen LogP contribution < -0.4 is 5.32 Å². The number of thioether (sulfide) groups is 2. The quantitative estimate of drug-likeness (QED) is 0.793. The van der Waals surface area contributed by atoms with E-state index in [-0.39, 0.29) is 0 Å². The molecule has 1 nitrogen and oxygen atoms in total. The fourth-order valence-electron chi connectivity index (χ4n) is 1.60. The number of rotatable bonds is 3. The first-order chi connectivity index (χ1) is 6.88. The second-order valence-corrected chi connectivity index (χ2v) is 5.47. The van der Waals surface area contributed by atoms with Gasteiger partial charge in [-0.15, -0.1) is 11.8 Å². The van der Waals surface area contributed by atoms with Crippen LogP contribution in [0, 0.1) is 0 Å². The molecule has 0 spiro atoms. The molecule has 0 radical (unpaired) electrons. The maximum absolute atomic E-state index is 3.58. The van der Waals surface area contributed by atoms with E-state index < -0.39 is 0 Å². The maximum Gasteiger partial charge on any atom is 0.0359 e. The summed E-state index contributed by atoms with van der Waals surface area (Å²) in [5.74, 6) is 2.56. The summed E-state index contributed by atoms with van der Waals surface area (Å²) in [6.07, 6.45) is 3.42. The highest BCUT2D eigenvalue weighted by Gasteiger charge is 2.14. The monoisotopic (exact) mass is 225 g/mol. The van der Waals surface area contributed by atoms with Gasteiger partial charge in [-0.25, -0.2) is 0 Å². The van der Waals surface area contributed by atoms with Gasteiger partial charge in [-0.2, -0.15) is 11.8 Å². The second kappa shape index (κ2) is 4.99. The zero-order valence-electron chi connectivity index (χ0n) is 8.32. The van der Waals surface area contributed by atoms with Crippen LogP contribution in [0.2, 0.25) is 0 Å². The molecule has 1 aliphatic rings. The zero-order chi connectivity index (χ0) is 9.80. The maximum atomic E-state index is 3.58. The Bertz CT molecular complexity index is 295. The highest BCUT2D eigenvalue weighted by atomic mass is 32.2.